The first-order valence-electron chi connectivity index (χ1n) is 4.73. The van der Waals surface area contributed by atoms with Crippen LogP contribution >= 0.6 is 0 Å². The summed E-state index contributed by atoms with van der Waals surface area (Å²) in [6.07, 6.45) is 1.53. The maximum Gasteiger partial charge on any atom is 0.182 e. The zero-order chi connectivity index (χ0) is 11.5. The summed E-state index contributed by atoms with van der Waals surface area (Å²) in [5, 5.41) is 0. The third-order valence-corrected chi connectivity index (χ3v) is 2.24. The first-order valence-corrected chi connectivity index (χ1v) is 4.73. The Morgan fingerprint density at radius 2 is 2.06 bits per heavy atom. The molecule has 0 fully saturated rings. The Morgan fingerprint density at radius 3 is 2.69 bits per heavy atom. The van der Waals surface area contributed by atoms with Gasteiger partial charge in [-0.1, -0.05) is 0 Å². The number of hydrogen-bond acceptors (Lipinski definition) is 2. The highest BCUT2D eigenvalue weighted by Gasteiger charge is 2.05. The second-order valence-corrected chi connectivity index (χ2v) is 3.29. The van der Waals surface area contributed by atoms with E-state index in [4.69, 9.17) is 4.74 Å². The van der Waals surface area contributed by atoms with Crippen LogP contribution in [-0.4, -0.2) is 12.1 Å². The fraction of sp³-hybridized carbons (Fsp3) is 0.0833. The zero-order valence-electron chi connectivity index (χ0n) is 8.66. The fourth-order valence-corrected chi connectivity index (χ4v) is 1.45. The molecule has 1 aromatic heterocycles. The number of ether oxygens (including phenoxy) is 1. The Bertz CT molecular complexity index is 563. The van der Waals surface area contributed by atoms with Gasteiger partial charge >= 0.3 is 0 Å². The number of methoxy groups -OCH3 is 1. The molecule has 0 unspecified atom stereocenters. The highest BCUT2D eigenvalue weighted by molar-refractivity contribution is 5.60. The van der Waals surface area contributed by atoms with E-state index < -0.39 is 5.82 Å². The van der Waals surface area contributed by atoms with Crippen molar-refractivity contribution in [1.82, 2.24) is 4.98 Å². The molecule has 1 N–H and O–H groups in total. The second kappa shape index (κ2) is 4.18. The molecule has 2 rings (SSSR count). The van der Waals surface area contributed by atoms with Gasteiger partial charge in [-0.25, -0.2) is 4.39 Å². The normalized spacial score (nSPS) is 10.1. The molecule has 16 heavy (non-hydrogen) atoms. The smallest absolute Gasteiger partial charge is 0.182 e. The van der Waals surface area contributed by atoms with Crippen LogP contribution in [0.4, 0.5) is 4.39 Å². The third kappa shape index (κ3) is 1.95. The highest BCUT2D eigenvalue weighted by atomic mass is 19.1. The van der Waals surface area contributed by atoms with Gasteiger partial charge in [-0.2, -0.15) is 0 Å². The van der Waals surface area contributed by atoms with Gasteiger partial charge in [-0.3, -0.25) is 4.79 Å². The van der Waals surface area contributed by atoms with Crippen molar-refractivity contribution < 1.29 is 9.13 Å². The standard InChI is InChI=1S/C12H10FNO2/c1-16-12-3-2-8(6-10(12)13)11-7-9(15)4-5-14-11/h2-7H,1H3,(H,14,15). The molecule has 0 aliphatic rings. The van der Waals surface area contributed by atoms with Crippen LogP contribution in [0.1, 0.15) is 0 Å². The van der Waals surface area contributed by atoms with Crippen LogP contribution in [0, 0.1) is 5.82 Å². The van der Waals surface area contributed by atoms with E-state index in [9.17, 15) is 9.18 Å². The topological polar surface area (TPSA) is 42.1 Å². The Hall–Kier alpha value is -2.10. The molecule has 0 aliphatic carbocycles. The largest absolute Gasteiger partial charge is 0.494 e. The van der Waals surface area contributed by atoms with Crippen molar-refractivity contribution in [3.63, 3.8) is 0 Å². The molecule has 2 aromatic rings. The van der Waals surface area contributed by atoms with Crippen LogP contribution in [0.3, 0.4) is 0 Å². The first kappa shape index (κ1) is 10.4. The van der Waals surface area contributed by atoms with Crippen LogP contribution in [0.25, 0.3) is 11.3 Å². The highest BCUT2D eigenvalue weighted by Crippen LogP contribution is 2.23. The Morgan fingerprint density at radius 1 is 1.25 bits per heavy atom. The lowest BCUT2D eigenvalue weighted by atomic mass is 10.1. The number of halogens is 1. The molecule has 82 valence electrons. The number of benzene rings is 1. The summed E-state index contributed by atoms with van der Waals surface area (Å²) in [6.45, 7) is 0. The van der Waals surface area contributed by atoms with E-state index in [2.05, 4.69) is 4.98 Å². The SMILES string of the molecule is COc1ccc(-c2cc(=O)cc[nH]2)cc1F. The minimum absolute atomic E-state index is 0.120. The maximum absolute atomic E-state index is 13.4. The third-order valence-electron chi connectivity index (χ3n) is 2.24. The minimum Gasteiger partial charge on any atom is -0.494 e. The fourth-order valence-electron chi connectivity index (χ4n) is 1.45. The quantitative estimate of drug-likeness (QED) is 0.841. The molecule has 0 saturated heterocycles. The van der Waals surface area contributed by atoms with Gasteiger partial charge in [0.1, 0.15) is 0 Å². The van der Waals surface area contributed by atoms with Crippen LogP contribution in [0.5, 0.6) is 5.75 Å². The molecule has 0 bridgehead atoms. The Labute approximate surface area is 91.5 Å². The van der Waals surface area contributed by atoms with Gasteiger partial charge in [0.2, 0.25) is 0 Å². The lowest BCUT2D eigenvalue weighted by molar-refractivity contribution is 0.386. The number of rotatable bonds is 2. The van der Waals surface area contributed by atoms with Gasteiger partial charge in [0.05, 0.1) is 7.11 Å². The maximum atomic E-state index is 13.4. The summed E-state index contributed by atoms with van der Waals surface area (Å²) < 4.78 is 18.2. The van der Waals surface area contributed by atoms with Gasteiger partial charge < -0.3 is 9.72 Å². The average Bonchev–Trinajstić information content (AvgIpc) is 2.29. The zero-order valence-corrected chi connectivity index (χ0v) is 8.66. The Kier molecular flexibility index (Phi) is 2.72. The van der Waals surface area contributed by atoms with Crippen molar-refractivity contribution >= 4 is 0 Å². The van der Waals surface area contributed by atoms with Crippen molar-refractivity contribution in [3.8, 4) is 17.0 Å². The van der Waals surface area contributed by atoms with Crippen LogP contribution in [0.2, 0.25) is 0 Å². The summed E-state index contributed by atoms with van der Waals surface area (Å²) >= 11 is 0. The van der Waals surface area contributed by atoms with Crippen LogP contribution in [0.15, 0.2) is 41.3 Å². The van der Waals surface area contributed by atoms with E-state index in [0.717, 1.165) is 0 Å². The van der Waals surface area contributed by atoms with Gasteiger partial charge in [0, 0.05) is 29.6 Å². The van der Waals surface area contributed by atoms with Crippen molar-refractivity contribution in [1.29, 1.82) is 0 Å². The number of aromatic nitrogens is 1. The predicted molar refractivity (Wildman–Crippen MR) is 59.0 cm³/mol. The molecule has 4 heteroatoms. The summed E-state index contributed by atoms with van der Waals surface area (Å²) in [4.78, 5) is 14.0. The molecule has 0 aliphatic heterocycles. The molecule has 0 saturated carbocycles. The number of aromatic amines is 1. The molecule has 0 spiro atoms. The van der Waals surface area contributed by atoms with E-state index in [-0.39, 0.29) is 11.2 Å². The van der Waals surface area contributed by atoms with Gasteiger partial charge in [-0.15, -0.1) is 0 Å². The van der Waals surface area contributed by atoms with Crippen molar-refractivity contribution in [2.45, 2.75) is 0 Å². The average molecular weight is 219 g/mol. The van der Waals surface area contributed by atoms with Crippen molar-refractivity contribution in [2.75, 3.05) is 7.11 Å². The molecular formula is C12H10FNO2. The second-order valence-electron chi connectivity index (χ2n) is 3.29. The van der Waals surface area contributed by atoms with Gasteiger partial charge in [0.25, 0.3) is 0 Å². The van der Waals surface area contributed by atoms with Gasteiger partial charge in [-0.05, 0) is 18.2 Å². The summed E-state index contributed by atoms with van der Waals surface area (Å²) in [7, 11) is 1.41. The first-order chi connectivity index (χ1) is 7.70. The molecular weight excluding hydrogens is 209 g/mol. The lowest BCUT2D eigenvalue weighted by Crippen LogP contribution is -1.98. The molecule has 1 aromatic carbocycles. The summed E-state index contributed by atoms with van der Waals surface area (Å²) in [5.74, 6) is -0.272. The van der Waals surface area contributed by atoms with Gasteiger partial charge in [0.15, 0.2) is 17.0 Å². The van der Waals surface area contributed by atoms with E-state index in [1.165, 1.54) is 37.6 Å². The van der Waals surface area contributed by atoms with Crippen LogP contribution < -0.4 is 10.2 Å². The Balaban J connectivity index is 2.49. The number of hydrogen-bond donors (Lipinski definition) is 1. The molecule has 0 atom stereocenters. The summed E-state index contributed by atoms with van der Waals surface area (Å²) in [6, 6.07) is 7.36. The predicted octanol–water partition coefficient (Wildman–Crippen LogP) is 2.19. The molecule has 0 radical (unpaired) electrons. The van der Waals surface area contributed by atoms with Crippen LogP contribution in [-0.2, 0) is 0 Å². The van der Waals surface area contributed by atoms with E-state index in [1.807, 2.05) is 0 Å². The summed E-state index contributed by atoms with van der Waals surface area (Å²) in [5.41, 5.74) is 1.06. The molecule has 1 heterocycles. The number of nitrogens with one attached hydrogen (secondary N) is 1. The van der Waals surface area contributed by atoms with Crippen molar-refractivity contribution in [2.24, 2.45) is 0 Å². The monoisotopic (exact) mass is 219 g/mol. The van der Waals surface area contributed by atoms with E-state index in [0.29, 0.717) is 11.3 Å². The van der Waals surface area contributed by atoms with E-state index in [1.54, 1.807) is 6.07 Å². The minimum atomic E-state index is -0.454. The number of pyridine rings is 1. The molecule has 0 amide bonds. The van der Waals surface area contributed by atoms with Crippen molar-refractivity contribution in [3.05, 3.63) is 52.6 Å². The van der Waals surface area contributed by atoms with E-state index >= 15 is 0 Å². The number of H-pyrrole nitrogens is 1. The molecule has 3 nitrogen and oxygen atoms in total. The lowest BCUT2D eigenvalue weighted by Gasteiger charge is -2.04.